The molecule has 0 aromatic carbocycles. The van der Waals surface area contributed by atoms with Gasteiger partial charge in [0, 0.05) is 0 Å². The number of aliphatic carboxylic acids is 1. The Kier molecular flexibility index (Phi) is 11.9. The molecule has 0 spiro atoms. The Labute approximate surface area is 124 Å². The van der Waals surface area contributed by atoms with E-state index in [0.29, 0.717) is 6.42 Å². The van der Waals surface area contributed by atoms with Gasteiger partial charge >= 0.3 is 5.97 Å². The molecule has 0 fully saturated rings. The van der Waals surface area contributed by atoms with Crippen molar-refractivity contribution in [1.29, 1.82) is 0 Å². The van der Waals surface area contributed by atoms with Crippen molar-refractivity contribution in [1.82, 2.24) is 0 Å². The third kappa shape index (κ3) is 8.73. The van der Waals surface area contributed by atoms with E-state index in [4.69, 9.17) is 0 Å². The summed E-state index contributed by atoms with van der Waals surface area (Å²) in [5, 5.41) is 9.18. The van der Waals surface area contributed by atoms with Crippen LogP contribution in [0.3, 0.4) is 0 Å². The molecule has 0 aliphatic rings. The Hall–Kier alpha value is -1.31. The minimum absolute atomic E-state index is 0.209. The van der Waals surface area contributed by atoms with E-state index in [1.807, 2.05) is 6.92 Å². The van der Waals surface area contributed by atoms with Crippen molar-refractivity contribution in [2.45, 2.75) is 59.3 Å². The average Bonchev–Trinajstić information content (AvgIpc) is 2.43. The van der Waals surface area contributed by atoms with Gasteiger partial charge in [0.25, 0.3) is 0 Å². The predicted octanol–water partition coefficient (Wildman–Crippen LogP) is 5.37. The molecule has 0 bridgehead atoms. The molecule has 114 valence electrons. The molecule has 2 nitrogen and oxygen atoms in total. The van der Waals surface area contributed by atoms with Crippen molar-refractivity contribution in [2.75, 3.05) is 0 Å². The number of hydrogen-bond donors (Lipinski definition) is 1. The highest BCUT2D eigenvalue weighted by atomic mass is 16.4. The average molecular weight is 278 g/mol. The van der Waals surface area contributed by atoms with Crippen molar-refractivity contribution in [3.8, 4) is 0 Å². The molecule has 0 aliphatic carbocycles. The summed E-state index contributed by atoms with van der Waals surface area (Å²) in [4.78, 5) is 11.1. The fourth-order valence-corrected chi connectivity index (χ4v) is 2.30. The summed E-state index contributed by atoms with van der Waals surface area (Å²) in [6, 6.07) is 0. The first kappa shape index (κ1) is 18.7. The molecule has 2 heteroatoms. The van der Waals surface area contributed by atoms with E-state index in [0.717, 1.165) is 32.1 Å². The Morgan fingerprint density at radius 1 is 0.900 bits per heavy atom. The SMILES string of the molecule is CC/C=C\C/C=C\C/C=C\C[C@@H](CC)C(CC)C(=O)O. The third-order valence-electron chi connectivity index (χ3n) is 3.57. The summed E-state index contributed by atoms with van der Waals surface area (Å²) in [7, 11) is 0. The zero-order chi connectivity index (χ0) is 15.2. The van der Waals surface area contributed by atoms with Gasteiger partial charge in [0.2, 0.25) is 0 Å². The van der Waals surface area contributed by atoms with Gasteiger partial charge in [-0.3, -0.25) is 4.79 Å². The molecule has 1 N–H and O–H groups in total. The van der Waals surface area contributed by atoms with Gasteiger partial charge in [0.05, 0.1) is 5.92 Å². The number of hydrogen-bond acceptors (Lipinski definition) is 1. The fraction of sp³-hybridized carbons (Fsp3) is 0.611. The van der Waals surface area contributed by atoms with Crippen LogP contribution < -0.4 is 0 Å². The fourth-order valence-electron chi connectivity index (χ4n) is 2.30. The summed E-state index contributed by atoms with van der Waals surface area (Å²) < 4.78 is 0. The molecule has 0 aliphatic heterocycles. The molecule has 0 aromatic rings. The minimum atomic E-state index is -0.657. The highest BCUT2D eigenvalue weighted by Crippen LogP contribution is 2.23. The van der Waals surface area contributed by atoms with Crippen LogP contribution in [0.1, 0.15) is 59.3 Å². The second-order valence-corrected chi connectivity index (χ2v) is 5.05. The maximum absolute atomic E-state index is 11.1. The van der Waals surface area contributed by atoms with E-state index < -0.39 is 5.97 Å². The minimum Gasteiger partial charge on any atom is -0.481 e. The zero-order valence-corrected chi connectivity index (χ0v) is 13.2. The van der Waals surface area contributed by atoms with Crippen molar-refractivity contribution < 1.29 is 9.90 Å². The lowest BCUT2D eigenvalue weighted by Gasteiger charge is -2.19. The molecule has 20 heavy (non-hydrogen) atoms. The highest BCUT2D eigenvalue weighted by molar-refractivity contribution is 5.70. The number of carboxylic acid groups (broad SMARTS) is 1. The van der Waals surface area contributed by atoms with Crippen molar-refractivity contribution in [3.63, 3.8) is 0 Å². The van der Waals surface area contributed by atoms with E-state index in [2.05, 4.69) is 50.3 Å². The molecule has 0 aromatic heterocycles. The van der Waals surface area contributed by atoms with Gasteiger partial charge in [0.1, 0.15) is 0 Å². The van der Waals surface area contributed by atoms with E-state index in [1.54, 1.807) is 0 Å². The lowest BCUT2D eigenvalue weighted by Crippen LogP contribution is -2.22. The molecule has 0 saturated carbocycles. The number of rotatable bonds is 11. The number of carboxylic acids is 1. The number of carbonyl (C=O) groups is 1. The van der Waals surface area contributed by atoms with Crippen LogP contribution in [0.5, 0.6) is 0 Å². The van der Waals surface area contributed by atoms with Gasteiger partial charge in [-0.15, -0.1) is 0 Å². The first-order valence-electron chi connectivity index (χ1n) is 7.85. The normalized spacial score (nSPS) is 15.3. The van der Waals surface area contributed by atoms with Crippen molar-refractivity contribution >= 4 is 5.97 Å². The largest absolute Gasteiger partial charge is 0.481 e. The second kappa shape index (κ2) is 12.7. The molecule has 0 rings (SSSR count). The quantitative estimate of drug-likeness (QED) is 0.516. The summed E-state index contributed by atoms with van der Waals surface area (Å²) in [5.74, 6) is -0.611. The van der Waals surface area contributed by atoms with Crippen LogP contribution in [-0.2, 0) is 4.79 Å². The molecule has 1 unspecified atom stereocenters. The standard InChI is InChI=1S/C18H30O2/c1-4-7-8-9-10-11-12-13-14-15-16(5-2)17(6-3)18(19)20/h7-8,10-11,13-14,16-17H,4-6,9,12,15H2,1-3H3,(H,19,20)/b8-7-,11-10-,14-13-/t16-,17?/m1/s1. The van der Waals surface area contributed by atoms with Crippen LogP contribution in [0.15, 0.2) is 36.5 Å². The highest BCUT2D eigenvalue weighted by Gasteiger charge is 2.23. The monoisotopic (exact) mass is 278 g/mol. The van der Waals surface area contributed by atoms with Crippen molar-refractivity contribution in [3.05, 3.63) is 36.5 Å². The van der Waals surface area contributed by atoms with Gasteiger partial charge in [-0.2, -0.15) is 0 Å². The van der Waals surface area contributed by atoms with Crippen molar-refractivity contribution in [2.24, 2.45) is 11.8 Å². The Morgan fingerprint density at radius 2 is 1.45 bits per heavy atom. The molecule has 0 amide bonds. The first-order valence-corrected chi connectivity index (χ1v) is 7.85. The lowest BCUT2D eigenvalue weighted by atomic mass is 9.85. The van der Waals surface area contributed by atoms with E-state index in [9.17, 15) is 9.90 Å². The number of allylic oxidation sites excluding steroid dienone is 6. The predicted molar refractivity (Wildman–Crippen MR) is 86.8 cm³/mol. The van der Waals surface area contributed by atoms with Crippen LogP contribution in [0.4, 0.5) is 0 Å². The van der Waals surface area contributed by atoms with Crippen LogP contribution >= 0.6 is 0 Å². The molecular weight excluding hydrogens is 248 g/mol. The smallest absolute Gasteiger partial charge is 0.306 e. The third-order valence-corrected chi connectivity index (χ3v) is 3.57. The molecule has 0 radical (unpaired) electrons. The van der Waals surface area contributed by atoms with E-state index in [1.165, 1.54) is 0 Å². The topological polar surface area (TPSA) is 37.3 Å². The lowest BCUT2D eigenvalue weighted by molar-refractivity contribution is -0.143. The molecular formula is C18H30O2. The van der Waals surface area contributed by atoms with Gasteiger partial charge in [0.15, 0.2) is 0 Å². The second-order valence-electron chi connectivity index (χ2n) is 5.05. The first-order chi connectivity index (χ1) is 9.67. The van der Waals surface area contributed by atoms with Crippen LogP contribution in [0.2, 0.25) is 0 Å². The van der Waals surface area contributed by atoms with Gasteiger partial charge in [-0.1, -0.05) is 63.6 Å². The Morgan fingerprint density at radius 3 is 1.90 bits per heavy atom. The van der Waals surface area contributed by atoms with Crippen LogP contribution in [-0.4, -0.2) is 11.1 Å². The summed E-state index contributed by atoms with van der Waals surface area (Å²) in [6.07, 6.45) is 18.5. The summed E-state index contributed by atoms with van der Waals surface area (Å²) in [5.41, 5.74) is 0. The summed E-state index contributed by atoms with van der Waals surface area (Å²) >= 11 is 0. The van der Waals surface area contributed by atoms with Gasteiger partial charge in [-0.25, -0.2) is 0 Å². The van der Waals surface area contributed by atoms with E-state index in [-0.39, 0.29) is 11.8 Å². The summed E-state index contributed by atoms with van der Waals surface area (Å²) in [6.45, 7) is 6.16. The molecule has 2 atom stereocenters. The Balaban J connectivity index is 4.02. The molecule has 0 saturated heterocycles. The van der Waals surface area contributed by atoms with Crippen LogP contribution in [0, 0.1) is 11.8 Å². The van der Waals surface area contributed by atoms with E-state index >= 15 is 0 Å². The molecule has 0 heterocycles. The van der Waals surface area contributed by atoms with Gasteiger partial charge < -0.3 is 5.11 Å². The maximum atomic E-state index is 11.1. The Bertz CT molecular complexity index is 326. The van der Waals surface area contributed by atoms with Gasteiger partial charge in [-0.05, 0) is 38.0 Å². The van der Waals surface area contributed by atoms with Crippen LogP contribution in [0.25, 0.3) is 0 Å². The maximum Gasteiger partial charge on any atom is 0.306 e. The zero-order valence-electron chi connectivity index (χ0n) is 13.2.